The molecule has 2 nitrogen and oxygen atoms in total. The van der Waals surface area contributed by atoms with Gasteiger partial charge in [0.25, 0.3) is 0 Å². The first-order chi connectivity index (χ1) is 10.0. The van der Waals surface area contributed by atoms with Crippen LogP contribution in [0.1, 0.15) is 18.1 Å². The summed E-state index contributed by atoms with van der Waals surface area (Å²) in [6.45, 7) is 3.49. The molecule has 0 atom stereocenters. The Hall–Kier alpha value is -1.46. The number of halogens is 3. The molecule has 2 rings (SSSR count). The van der Waals surface area contributed by atoms with Gasteiger partial charge in [-0.2, -0.15) is 0 Å². The molecule has 2 aromatic rings. The summed E-state index contributed by atoms with van der Waals surface area (Å²) in [5, 5.41) is 0. The number of hydrogen-bond acceptors (Lipinski definition) is 2. The van der Waals surface area contributed by atoms with E-state index in [0.29, 0.717) is 18.8 Å². The number of rotatable bonds is 5. The van der Waals surface area contributed by atoms with Crippen LogP contribution in [0, 0.1) is 11.6 Å². The van der Waals surface area contributed by atoms with Gasteiger partial charge in [0.05, 0.1) is 4.47 Å². The first-order valence-corrected chi connectivity index (χ1v) is 7.49. The predicted molar refractivity (Wildman–Crippen MR) is 84.7 cm³/mol. The average molecular weight is 355 g/mol. The van der Waals surface area contributed by atoms with E-state index in [1.807, 2.05) is 36.1 Å². The average Bonchev–Trinajstić information content (AvgIpc) is 2.48. The third-order valence-electron chi connectivity index (χ3n) is 3.35. The first kappa shape index (κ1) is 15.9. The zero-order valence-corrected chi connectivity index (χ0v) is 13.3. The van der Waals surface area contributed by atoms with Crippen molar-refractivity contribution < 1.29 is 8.78 Å². The third-order valence-corrected chi connectivity index (χ3v) is 3.97. The Bertz CT molecular complexity index is 614. The van der Waals surface area contributed by atoms with Gasteiger partial charge in [-0.1, -0.05) is 19.1 Å². The molecule has 0 aromatic heterocycles. The van der Waals surface area contributed by atoms with Gasteiger partial charge in [-0.15, -0.1) is 0 Å². The molecule has 2 N–H and O–H groups in total. The van der Waals surface area contributed by atoms with Crippen LogP contribution in [-0.2, 0) is 13.1 Å². The van der Waals surface area contributed by atoms with E-state index in [9.17, 15) is 8.78 Å². The highest BCUT2D eigenvalue weighted by molar-refractivity contribution is 9.10. The van der Waals surface area contributed by atoms with Gasteiger partial charge in [0.15, 0.2) is 0 Å². The summed E-state index contributed by atoms with van der Waals surface area (Å²) < 4.78 is 28.1. The first-order valence-electron chi connectivity index (χ1n) is 6.70. The predicted octanol–water partition coefficient (Wildman–Crippen LogP) is 4.33. The van der Waals surface area contributed by atoms with Crippen molar-refractivity contribution in [2.45, 2.75) is 20.0 Å². The van der Waals surface area contributed by atoms with Gasteiger partial charge in [0.1, 0.15) is 11.6 Å². The maximum Gasteiger partial charge on any atom is 0.144 e. The minimum absolute atomic E-state index is 0.0849. The van der Waals surface area contributed by atoms with Gasteiger partial charge in [0, 0.05) is 24.3 Å². The number of nitrogens with zero attached hydrogens (tertiary/aromatic N) is 1. The summed E-state index contributed by atoms with van der Waals surface area (Å²) in [5.41, 5.74) is 7.49. The Morgan fingerprint density at radius 3 is 2.33 bits per heavy atom. The Morgan fingerprint density at radius 2 is 1.71 bits per heavy atom. The van der Waals surface area contributed by atoms with Crippen LogP contribution in [-0.4, -0.2) is 11.4 Å². The number of benzene rings is 2. The van der Waals surface area contributed by atoms with E-state index < -0.39 is 11.6 Å². The van der Waals surface area contributed by atoms with Crippen molar-refractivity contribution >= 4 is 21.6 Å². The lowest BCUT2D eigenvalue weighted by Crippen LogP contribution is -2.23. The topological polar surface area (TPSA) is 29.3 Å². The lowest BCUT2D eigenvalue weighted by atomic mass is 10.1. The molecule has 112 valence electrons. The highest BCUT2D eigenvalue weighted by Crippen LogP contribution is 2.23. The van der Waals surface area contributed by atoms with Gasteiger partial charge in [-0.05, 0) is 52.3 Å². The van der Waals surface area contributed by atoms with E-state index in [1.165, 1.54) is 12.1 Å². The second-order valence-corrected chi connectivity index (χ2v) is 5.72. The molecule has 0 aliphatic rings. The van der Waals surface area contributed by atoms with E-state index in [2.05, 4.69) is 15.9 Å². The summed E-state index contributed by atoms with van der Waals surface area (Å²) in [6, 6.07) is 10.1. The van der Waals surface area contributed by atoms with Crippen molar-refractivity contribution in [1.82, 2.24) is 4.90 Å². The molecule has 0 radical (unpaired) electrons. The van der Waals surface area contributed by atoms with E-state index in [-0.39, 0.29) is 16.6 Å². The van der Waals surface area contributed by atoms with Gasteiger partial charge in [0.2, 0.25) is 0 Å². The van der Waals surface area contributed by atoms with Crippen LogP contribution in [0.5, 0.6) is 0 Å². The molecule has 0 aliphatic heterocycles. The van der Waals surface area contributed by atoms with Crippen molar-refractivity contribution in [2.75, 3.05) is 12.3 Å². The normalized spacial score (nSPS) is 11.1. The molecular weight excluding hydrogens is 338 g/mol. The van der Waals surface area contributed by atoms with Crippen LogP contribution in [0.25, 0.3) is 0 Å². The zero-order chi connectivity index (χ0) is 15.4. The third kappa shape index (κ3) is 4.02. The summed E-state index contributed by atoms with van der Waals surface area (Å²) in [5.74, 6) is -1.06. The molecular formula is C16H17BrF2N2. The number of anilines is 1. The van der Waals surface area contributed by atoms with Crippen LogP contribution in [0.2, 0.25) is 0 Å². The SMILES string of the molecule is CCN(Cc1ccc(N)cc1)Cc1c(F)ccc(Br)c1F. The summed E-state index contributed by atoms with van der Waals surface area (Å²) in [7, 11) is 0. The standard InChI is InChI=1S/C16H17BrF2N2/c1-2-21(9-11-3-5-12(20)6-4-11)10-13-15(18)8-7-14(17)16(13)19/h3-8H,2,9-10,20H2,1H3. The van der Waals surface area contributed by atoms with Crippen molar-refractivity contribution in [3.63, 3.8) is 0 Å². The number of hydrogen-bond donors (Lipinski definition) is 1. The van der Waals surface area contributed by atoms with Crippen LogP contribution in [0.15, 0.2) is 40.9 Å². The van der Waals surface area contributed by atoms with Crippen LogP contribution in [0.4, 0.5) is 14.5 Å². The van der Waals surface area contributed by atoms with E-state index in [1.54, 1.807) is 0 Å². The van der Waals surface area contributed by atoms with Crippen molar-refractivity contribution in [3.8, 4) is 0 Å². The Morgan fingerprint density at radius 1 is 1.05 bits per heavy atom. The largest absolute Gasteiger partial charge is 0.399 e. The van der Waals surface area contributed by atoms with Gasteiger partial charge in [-0.25, -0.2) is 8.78 Å². The molecule has 0 heterocycles. The summed E-state index contributed by atoms with van der Waals surface area (Å²) in [6.07, 6.45) is 0. The number of nitrogen functional groups attached to an aromatic ring is 1. The quantitative estimate of drug-likeness (QED) is 0.639. The Labute approximate surface area is 131 Å². The zero-order valence-electron chi connectivity index (χ0n) is 11.7. The molecule has 0 aliphatic carbocycles. The maximum absolute atomic E-state index is 14.0. The fourth-order valence-electron chi connectivity index (χ4n) is 2.10. The van der Waals surface area contributed by atoms with Crippen LogP contribution in [0.3, 0.4) is 0 Å². The lowest BCUT2D eigenvalue weighted by Gasteiger charge is -2.21. The molecule has 0 amide bonds. The highest BCUT2D eigenvalue weighted by atomic mass is 79.9. The molecule has 0 fully saturated rings. The Balaban J connectivity index is 2.16. The van der Waals surface area contributed by atoms with Crippen molar-refractivity contribution in [3.05, 3.63) is 63.6 Å². The summed E-state index contributed by atoms with van der Waals surface area (Å²) >= 11 is 3.09. The number of nitrogens with two attached hydrogens (primary N) is 1. The van der Waals surface area contributed by atoms with Crippen molar-refractivity contribution in [1.29, 1.82) is 0 Å². The van der Waals surface area contributed by atoms with Crippen LogP contribution < -0.4 is 5.73 Å². The van der Waals surface area contributed by atoms with Gasteiger partial charge >= 0.3 is 0 Å². The molecule has 0 bridgehead atoms. The minimum atomic E-state index is -0.536. The van der Waals surface area contributed by atoms with Crippen molar-refractivity contribution in [2.24, 2.45) is 0 Å². The van der Waals surface area contributed by atoms with Gasteiger partial charge < -0.3 is 5.73 Å². The monoisotopic (exact) mass is 354 g/mol. The smallest absolute Gasteiger partial charge is 0.144 e. The Kier molecular flexibility index (Phi) is 5.31. The molecule has 2 aromatic carbocycles. The highest BCUT2D eigenvalue weighted by Gasteiger charge is 2.15. The minimum Gasteiger partial charge on any atom is -0.399 e. The lowest BCUT2D eigenvalue weighted by molar-refractivity contribution is 0.262. The molecule has 0 saturated heterocycles. The van der Waals surface area contributed by atoms with E-state index >= 15 is 0 Å². The fraction of sp³-hybridized carbons (Fsp3) is 0.250. The van der Waals surface area contributed by atoms with E-state index in [4.69, 9.17) is 5.73 Å². The molecule has 0 saturated carbocycles. The summed E-state index contributed by atoms with van der Waals surface area (Å²) in [4.78, 5) is 1.97. The molecule has 0 unspecified atom stereocenters. The molecule has 5 heteroatoms. The van der Waals surface area contributed by atoms with E-state index in [0.717, 1.165) is 5.56 Å². The second-order valence-electron chi connectivity index (χ2n) is 4.87. The molecule has 21 heavy (non-hydrogen) atoms. The fourth-order valence-corrected chi connectivity index (χ4v) is 2.47. The second kappa shape index (κ2) is 7.00. The van der Waals surface area contributed by atoms with Gasteiger partial charge in [-0.3, -0.25) is 4.90 Å². The van der Waals surface area contributed by atoms with Crippen LogP contribution >= 0.6 is 15.9 Å². The maximum atomic E-state index is 14.0. The molecule has 0 spiro atoms.